The molecule has 0 aromatic heterocycles. The zero-order chi connectivity index (χ0) is 11.1. The predicted octanol–water partition coefficient (Wildman–Crippen LogP) is 2.35. The second-order valence-corrected chi connectivity index (χ2v) is 5.40. The number of hydrogen-bond donors (Lipinski definition) is 1. The van der Waals surface area contributed by atoms with Gasteiger partial charge >= 0.3 is 0 Å². The summed E-state index contributed by atoms with van der Waals surface area (Å²) in [4.78, 5) is 2.60. The highest BCUT2D eigenvalue weighted by Crippen LogP contribution is 2.32. The topological polar surface area (TPSA) is 29.3 Å². The van der Waals surface area contributed by atoms with Gasteiger partial charge in [-0.25, -0.2) is 0 Å². The lowest BCUT2D eigenvalue weighted by molar-refractivity contribution is 0.243. The number of benzene rings is 1. The highest BCUT2D eigenvalue weighted by molar-refractivity contribution is 5.50. The van der Waals surface area contributed by atoms with Gasteiger partial charge in [0, 0.05) is 25.3 Å². The molecule has 2 N–H and O–H groups in total. The van der Waals surface area contributed by atoms with Gasteiger partial charge in [-0.15, -0.1) is 0 Å². The minimum absolute atomic E-state index is 0.921. The number of anilines is 1. The Bertz CT molecular complexity index is 407. The molecule has 0 bridgehead atoms. The summed E-state index contributed by atoms with van der Waals surface area (Å²) in [5, 5.41) is 0. The van der Waals surface area contributed by atoms with Crippen molar-refractivity contribution < 1.29 is 0 Å². The minimum Gasteiger partial charge on any atom is -0.399 e. The van der Waals surface area contributed by atoms with Gasteiger partial charge in [-0.3, -0.25) is 4.90 Å². The maximum atomic E-state index is 5.92. The van der Waals surface area contributed by atoms with Gasteiger partial charge in [0.25, 0.3) is 0 Å². The van der Waals surface area contributed by atoms with Crippen LogP contribution in [0.15, 0.2) is 12.1 Å². The Morgan fingerprint density at radius 1 is 1.38 bits per heavy atom. The second-order valence-electron chi connectivity index (χ2n) is 5.40. The van der Waals surface area contributed by atoms with E-state index in [0.29, 0.717) is 0 Å². The molecule has 2 heteroatoms. The summed E-state index contributed by atoms with van der Waals surface area (Å²) in [6.07, 6.45) is 4.09. The van der Waals surface area contributed by atoms with Crippen LogP contribution in [-0.4, -0.2) is 18.0 Å². The van der Waals surface area contributed by atoms with E-state index in [4.69, 9.17) is 5.73 Å². The van der Waals surface area contributed by atoms with Crippen molar-refractivity contribution in [3.8, 4) is 0 Å². The lowest BCUT2D eigenvalue weighted by Gasteiger charge is -2.30. The van der Waals surface area contributed by atoms with Gasteiger partial charge in [0.2, 0.25) is 0 Å². The first-order valence-electron chi connectivity index (χ1n) is 6.32. The Labute approximate surface area is 97.4 Å². The van der Waals surface area contributed by atoms with Crippen LogP contribution >= 0.6 is 0 Å². The van der Waals surface area contributed by atoms with Gasteiger partial charge in [0.05, 0.1) is 0 Å². The van der Waals surface area contributed by atoms with Crippen LogP contribution in [0.1, 0.15) is 29.5 Å². The average Bonchev–Trinajstić information content (AvgIpc) is 3.00. The number of nitrogens with two attached hydrogens (primary N) is 1. The molecule has 0 unspecified atom stereocenters. The van der Waals surface area contributed by atoms with E-state index in [2.05, 4.69) is 24.0 Å². The first-order valence-corrected chi connectivity index (χ1v) is 6.32. The standard InChI is InChI=1S/C14H20N2/c1-10-6-13(15)7-12-9-16(5-4-14(10)12)8-11-2-3-11/h6-7,11H,2-5,8-9,15H2,1H3. The van der Waals surface area contributed by atoms with Crippen LogP contribution in [-0.2, 0) is 13.0 Å². The fraction of sp³-hybridized carbons (Fsp3) is 0.571. The quantitative estimate of drug-likeness (QED) is 0.769. The van der Waals surface area contributed by atoms with Crippen molar-refractivity contribution in [2.24, 2.45) is 5.92 Å². The van der Waals surface area contributed by atoms with E-state index >= 15 is 0 Å². The van der Waals surface area contributed by atoms with Gasteiger partial charge in [-0.1, -0.05) is 0 Å². The number of fused-ring (bicyclic) bond motifs is 1. The molecular weight excluding hydrogens is 196 g/mol. The molecule has 0 spiro atoms. The van der Waals surface area contributed by atoms with Crippen molar-refractivity contribution in [2.75, 3.05) is 18.8 Å². The zero-order valence-electron chi connectivity index (χ0n) is 10.00. The highest BCUT2D eigenvalue weighted by Gasteiger charge is 2.26. The second kappa shape index (κ2) is 3.77. The van der Waals surface area contributed by atoms with E-state index in [1.54, 1.807) is 5.56 Å². The summed E-state index contributed by atoms with van der Waals surface area (Å²) in [5.41, 5.74) is 11.2. The minimum atomic E-state index is 0.921. The van der Waals surface area contributed by atoms with E-state index in [9.17, 15) is 0 Å². The lowest BCUT2D eigenvalue weighted by Crippen LogP contribution is -2.32. The van der Waals surface area contributed by atoms with Crippen LogP contribution in [0.3, 0.4) is 0 Å². The van der Waals surface area contributed by atoms with Crippen LogP contribution in [0.2, 0.25) is 0 Å². The normalized spacial score (nSPS) is 20.8. The molecule has 1 aliphatic carbocycles. The molecule has 0 saturated heterocycles. The number of nitrogen functional groups attached to an aromatic ring is 1. The fourth-order valence-electron chi connectivity index (χ4n) is 2.83. The lowest BCUT2D eigenvalue weighted by atomic mass is 9.94. The molecule has 1 aliphatic heterocycles. The molecule has 0 amide bonds. The molecule has 3 rings (SSSR count). The van der Waals surface area contributed by atoms with Gasteiger partial charge < -0.3 is 5.73 Å². The zero-order valence-corrected chi connectivity index (χ0v) is 10.00. The molecule has 1 aromatic carbocycles. The Kier molecular flexibility index (Phi) is 2.40. The Morgan fingerprint density at radius 3 is 2.94 bits per heavy atom. The molecule has 0 atom stereocenters. The summed E-state index contributed by atoms with van der Waals surface area (Å²) in [6.45, 7) is 5.82. The van der Waals surface area contributed by atoms with Crippen molar-refractivity contribution >= 4 is 5.69 Å². The monoisotopic (exact) mass is 216 g/mol. The maximum absolute atomic E-state index is 5.92. The summed E-state index contributed by atoms with van der Waals surface area (Å²) >= 11 is 0. The third-order valence-corrected chi connectivity index (χ3v) is 3.87. The molecule has 1 saturated carbocycles. The number of aryl methyl sites for hydroxylation is 1. The SMILES string of the molecule is Cc1cc(N)cc2c1CCN(CC1CC1)C2. The average molecular weight is 216 g/mol. The molecule has 1 heterocycles. The molecular formula is C14H20N2. The van der Waals surface area contributed by atoms with E-state index in [1.807, 2.05) is 0 Å². The summed E-state index contributed by atoms with van der Waals surface area (Å²) in [7, 11) is 0. The molecule has 1 fully saturated rings. The van der Waals surface area contributed by atoms with Crippen molar-refractivity contribution in [1.29, 1.82) is 0 Å². The molecule has 0 radical (unpaired) electrons. The molecule has 86 valence electrons. The van der Waals surface area contributed by atoms with Crippen LogP contribution in [0.5, 0.6) is 0 Å². The summed E-state index contributed by atoms with van der Waals surface area (Å²) in [5.74, 6) is 0.990. The van der Waals surface area contributed by atoms with Crippen LogP contribution in [0.25, 0.3) is 0 Å². The van der Waals surface area contributed by atoms with E-state index < -0.39 is 0 Å². The third kappa shape index (κ3) is 1.94. The Hall–Kier alpha value is -1.02. The maximum Gasteiger partial charge on any atom is 0.0320 e. The first kappa shape index (κ1) is 10.2. The van der Waals surface area contributed by atoms with Crippen LogP contribution in [0.4, 0.5) is 5.69 Å². The largest absolute Gasteiger partial charge is 0.399 e. The van der Waals surface area contributed by atoms with Crippen molar-refractivity contribution in [2.45, 2.75) is 32.7 Å². The summed E-state index contributed by atoms with van der Waals surface area (Å²) in [6, 6.07) is 4.27. The van der Waals surface area contributed by atoms with Gasteiger partial charge in [0.1, 0.15) is 0 Å². The van der Waals surface area contributed by atoms with Gasteiger partial charge in [-0.2, -0.15) is 0 Å². The van der Waals surface area contributed by atoms with E-state index in [1.165, 1.54) is 43.5 Å². The van der Waals surface area contributed by atoms with Crippen molar-refractivity contribution in [3.63, 3.8) is 0 Å². The highest BCUT2D eigenvalue weighted by atomic mass is 15.1. The van der Waals surface area contributed by atoms with Crippen molar-refractivity contribution in [1.82, 2.24) is 4.90 Å². The Balaban J connectivity index is 1.81. The van der Waals surface area contributed by atoms with E-state index in [-0.39, 0.29) is 0 Å². The molecule has 1 aromatic rings. The van der Waals surface area contributed by atoms with Gasteiger partial charge in [0.15, 0.2) is 0 Å². The Morgan fingerprint density at radius 2 is 2.19 bits per heavy atom. The van der Waals surface area contributed by atoms with Crippen LogP contribution < -0.4 is 5.73 Å². The predicted molar refractivity (Wildman–Crippen MR) is 67.3 cm³/mol. The fourth-order valence-corrected chi connectivity index (χ4v) is 2.83. The summed E-state index contributed by atoms with van der Waals surface area (Å²) < 4.78 is 0. The van der Waals surface area contributed by atoms with Gasteiger partial charge in [-0.05, 0) is 60.9 Å². The third-order valence-electron chi connectivity index (χ3n) is 3.87. The first-order chi connectivity index (χ1) is 7.72. The molecule has 2 nitrogen and oxygen atoms in total. The number of nitrogens with zero attached hydrogens (tertiary/aromatic N) is 1. The van der Waals surface area contributed by atoms with Crippen molar-refractivity contribution in [3.05, 3.63) is 28.8 Å². The van der Waals surface area contributed by atoms with Crippen LogP contribution in [0, 0.1) is 12.8 Å². The smallest absolute Gasteiger partial charge is 0.0320 e. The molecule has 16 heavy (non-hydrogen) atoms. The van der Waals surface area contributed by atoms with E-state index in [0.717, 1.165) is 18.2 Å². The number of hydrogen-bond acceptors (Lipinski definition) is 2. The number of rotatable bonds is 2. The molecule has 2 aliphatic rings.